The molecule has 1 nitrogen and oxygen atoms in total. The van der Waals surface area contributed by atoms with Gasteiger partial charge in [0.1, 0.15) is 0 Å². The summed E-state index contributed by atoms with van der Waals surface area (Å²) in [6.45, 7) is 4.17. The fraction of sp³-hybridized carbons (Fsp3) is 0.875. The minimum absolute atomic E-state index is 0. The van der Waals surface area contributed by atoms with Crippen molar-refractivity contribution in [1.82, 2.24) is 0 Å². The smallest absolute Gasteiger partial charge is 0 e. The molecule has 0 saturated heterocycles. The minimum atomic E-state index is 0. The standard InChI is InChI=1S/C8H15O.Ti/c1-3-5-6-8(4-2)7-9;/h8H,3-6H2,1-2H3;/q-1;. The predicted octanol–water partition coefficient (Wildman–Crippen LogP) is 2.31. The first-order valence-corrected chi connectivity index (χ1v) is 3.72. The van der Waals surface area contributed by atoms with Crippen LogP contribution >= 0.6 is 0 Å². The third-order valence-corrected chi connectivity index (χ3v) is 1.57. The van der Waals surface area contributed by atoms with Crippen LogP contribution in [0.25, 0.3) is 0 Å². The second-order valence-electron chi connectivity index (χ2n) is 2.37. The molecule has 2 heteroatoms. The van der Waals surface area contributed by atoms with Gasteiger partial charge in [0.05, 0.1) is 0 Å². The molecule has 0 radical (unpaired) electrons. The molecule has 0 aromatic carbocycles. The molecular weight excluding hydrogens is 160 g/mol. The van der Waals surface area contributed by atoms with Crippen LogP contribution in [0.1, 0.15) is 39.5 Å². The Balaban J connectivity index is 0. The largest absolute Gasteiger partial charge is 0.542 e. The average molecular weight is 175 g/mol. The van der Waals surface area contributed by atoms with E-state index in [4.69, 9.17) is 0 Å². The maximum atomic E-state index is 10.1. The second-order valence-corrected chi connectivity index (χ2v) is 2.37. The Hall–Kier alpha value is 0.384. The van der Waals surface area contributed by atoms with Gasteiger partial charge in [-0.3, -0.25) is 6.29 Å². The van der Waals surface area contributed by atoms with Crippen LogP contribution in [-0.2, 0) is 26.5 Å². The van der Waals surface area contributed by atoms with Gasteiger partial charge in [-0.1, -0.05) is 39.5 Å². The van der Waals surface area contributed by atoms with Crippen molar-refractivity contribution >= 4 is 6.29 Å². The third kappa shape index (κ3) is 6.50. The van der Waals surface area contributed by atoms with Crippen LogP contribution in [0.5, 0.6) is 0 Å². The summed E-state index contributed by atoms with van der Waals surface area (Å²) in [4.78, 5) is 10.1. The van der Waals surface area contributed by atoms with E-state index < -0.39 is 0 Å². The summed E-state index contributed by atoms with van der Waals surface area (Å²) in [6.07, 6.45) is 6.35. The van der Waals surface area contributed by atoms with Crippen LogP contribution in [0.3, 0.4) is 0 Å². The van der Waals surface area contributed by atoms with Crippen LogP contribution in [0.15, 0.2) is 0 Å². The second kappa shape index (κ2) is 9.38. The summed E-state index contributed by atoms with van der Waals surface area (Å²) in [5.41, 5.74) is 0. The van der Waals surface area contributed by atoms with Gasteiger partial charge in [-0.05, 0) is 0 Å². The molecule has 0 N–H and O–H groups in total. The normalized spacial score (nSPS) is 11.8. The molecule has 0 saturated carbocycles. The quantitative estimate of drug-likeness (QED) is 0.462. The van der Waals surface area contributed by atoms with Gasteiger partial charge in [-0.15, -0.1) is 5.92 Å². The Kier molecular flexibility index (Phi) is 12.2. The predicted molar refractivity (Wildman–Crippen MR) is 39.0 cm³/mol. The minimum Gasteiger partial charge on any atom is -0.542 e. The van der Waals surface area contributed by atoms with Crippen LogP contribution in [0.2, 0.25) is 0 Å². The van der Waals surface area contributed by atoms with Crippen molar-refractivity contribution in [2.24, 2.45) is 5.92 Å². The molecule has 0 aromatic heterocycles. The molecule has 1 atom stereocenters. The molecule has 0 aromatic rings. The van der Waals surface area contributed by atoms with E-state index >= 15 is 0 Å². The van der Waals surface area contributed by atoms with E-state index in [9.17, 15) is 4.79 Å². The molecule has 10 heavy (non-hydrogen) atoms. The Morgan fingerprint density at radius 1 is 1.40 bits per heavy atom. The maximum absolute atomic E-state index is 10.1. The molecule has 0 amide bonds. The molecule has 0 heterocycles. The number of carbonyl (C=O) groups excluding carboxylic acids is 1. The van der Waals surface area contributed by atoms with Gasteiger partial charge >= 0.3 is 0 Å². The summed E-state index contributed by atoms with van der Waals surface area (Å²) >= 11 is 0. The Morgan fingerprint density at radius 2 is 2.00 bits per heavy atom. The third-order valence-electron chi connectivity index (χ3n) is 1.57. The van der Waals surface area contributed by atoms with Gasteiger partial charge in [0.15, 0.2) is 0 Å². The first kappa shape index (κ1) is 13.0. The number of rotatable bonds is 5. The number of hydrogen-bond donors (Lipinski definition) is 0. The van der Waals surface area contributed by atoms with Crippen molar-refractivity contribution in [3.05, 3.63) is 0 Å². The van der Waals surface area contributed by atoms with Crippen LogP contribution in [0.4, 0.5) is 0 Å². The van der Waals surface area contributed by atoms with Crippen LogP contribution in [-0.4, -0.2) is 6.29 Å². The zero-order valence-electron chi connectivity index (χ0n) is 6.81. The number of unbranched alkanes of at least 4 members (excludes halogenated alkanes) is 1. The first-order chi connectivity index (χ1) is 4.35. The summed E-state index contributed by atoms with van der Waals surface area (Å²) in [6, 6.07) is 0. The van der Waals surface area contributed by atoms with Gasteiger partial charge in [0, 0.05) is 21.7 Å². The summed E-state index contributed by atoms with van der Waals surface area (Å²) < 4.78 is 0. The van der Waals surface area contributed by atoms with Crippen molar-refractivity contribution in [2.75, 3.05) is 0 Å². The molecule has 0 bridgehead atoms. The van der Waals surface area contributed by atoms with Crippen molar-refractivity contribution in [2.45, 2.75) is 39.5 Å². The molecule has 1 unspecified atom stereocenters. The van der Waals surface area contributed by atoms with Gasteiger partial charge in [0.2, 0.25) is 0 Å². The summed E-state index contributed by atoms with van der Waals surface area (Å²) in [7, 11) is 0. The van der Waals surface area contributed by atoms with Crippen LogP contribution in [0, 0.1) is 5.92 Å². The van der Waals surface area contributed by atoms with Gasteiger partial charge in [-0.2, -0.15) is 0 Å². The molecule has 0 aliphatic heterocycles. The first-order valence-electron chi connectivity index (χ1n) is 3.72. The fourth-order valence-corrected chi connectivity index (χ4v) is 0.797. The fourth-order valence-electron chi connectivity index (χ4n) is 0.797. The maximum Gasteiger partial charge on any atom is 0 e. The van der Waals surface area contributed by atoms with E-state index in [2.05, 4.69) is 6.92 Å². The van der Waals surface area contributed by atoms with Gasteiger partial charge in [-0.25, -0.2) is 0 Å². The van der Waals surface area contributed by atoms with E-state index in [1.54, 1.807) is 0 Å². The summed E-state index contributed by atoms with van der Waals surface area (Å²) in [5, 5.41) is 0. The zero-order chi connectivity index (χ0) is 7.11. The molecule has 58 valence electrons. The van der Waals surface area contributed by atoms with Crippen molar-refractivity contribution in [1.29, 1.82) is 0 Å². The van der Waals surface area contributed by atoms with E-state index in [1.807, 2.05) is 13.2 Å². The van der Waals surface area contributed by atoms with E-state index in [-0.39, 0.29) is 27.6 Å². The summed E-state index contributed by atoms with van der Waals surface area (Å²) in [5.74, 6) is 0.199. The molecule has 0 aliphatic carbocycles. The molecule has 0 rings (SSSR count). The Bertz CT molecular complexity index is 73.7. The zero-order valence-corrected chi connectivity index (χ0v) is 8.38. The molecule has 0 fully saturated rings. The SMILES string of the molecule is CCCCC([C-]=O)CC.[Ti]. The molecule has 0 spiro atoms. The van der Waals surface area contributed by atoms with Crippen molar-refractivity contribution in [3.8, 4) is 0 Å². The van der Waals surface area contributed by atoms with Crippen molar-refractivity contribution < 1.29 is 26.5 Å². The van der Waals surface area contributed by atoms with Crippen LogP contribution < -0.4 is 0 Å². The monoisotopic (exact) mass is 175 g/mol. The molecular formula is C8H15OTi-. The van der Waals surface area contributed by atoms with Crippen molar-refractivity contribution in [3.63, 3.8) is 0 Å². The van der Waals surface area contributed by atoms with Gasteiger partial charge < -0.3 is 4.79 Å². The van der Waals surface area contributed by atoms with Gasteiger partial charge in [0.25, 0.3) is 0 Å². The van der Waals surface area contributed by atoms with E-state index in [0.717, 1.165) is 19.3 Å². The van der Waals surface area contributed by atoms with E-state index in [1.165, 1.54) is 6.42 Å². The van der Waals surface area contributed by atoms with E-state index in [0.29, 0.717) is 0 Å². The Morgan fingerprint density at radius 3 is 2.30 bits per heavy atom. The number of hydrogen-bond acceptors (Lipinski definition) is 1. The topological polar surface area (TPSA) is 17.1 Å². The Labute approximate surface area is 78.5 Å². The average Bonchev–Trinajstić information content (AvgIpc) is 1.91. The molecule has 0 aliphatic rings.